The summed E-state index contributed by atoms with van der Waals surface area (Å²) < 4.78 is 0. The van der Waals surface area contributed by atoms with Crippen molar-refractivity contribution in [1.82, 2.24) is 0 Å². The van der Waals surface area contributed by atoms with Crippen molar-refractivity contribution >= 4 is 41.4 Å². The molecule has 0 aliphatic rings. The fourth-order valence-electron chi connectivity index (χ4n) is 4.52. The predicted octanol–water partition coefficient (Wildman–Crippen LogP) is 10.7. The summed E-state index contributed by atoms with van der Waals surface area (Å²) in [5.41, 5.74) is 13.3. The second-order valence-electron chi connectivity index (χ2n) is 10.3. The molecule has 0 unspecified atom stereocenters. The molecule has 0 saturated carbocycles. The molecule has 1 nitrogen and oxygen atoms in total. The Bertz CT molecular complexity index is 1490. The lowest BCUT2D eigenvalue weighted by atomic mass is 10.1. The summed E-state index contributed by atoms with van der Waals surface area (Å²) in [6, 6.07) is 41.4. The van der Waals surface area contributed by atoms with Crippen LogP contribution in [0.4, 0.5) is 17.1 Å². The van der Waals surface area contributed by atoms with Crippen molar-refractivity contribution in [2.45, 2.75) is 27.7 Å². The highest BCUT2D eigenvalue weighted by atomic mass is 15.1. The molecule has 0 spiro atoms. The zero-order valence-electron chi connectivity index (χ0n) is 23.2. The van der Waals surface area contributed by atoms with E-state index in [1.165, 1.54) is 44.5 Å². The van der Waals surface area contributed by atoms with Crippen molar-refractivity contribution in [2.75, 3.05) is 4.90 Å². The maximum Gasteiger partial charge on any atom is 0.0464 e. The van der Waals surface area contributed by atoms with Gasteiger partial charge in [0.05, 0.1) is 0 Å². The van der Waals surface area contributed by atoms with Crippen LogP contribution in [0.15, 0.2) is 115 Å². The SMILES string of the molecule is Cc1ccc(/C=C\c2ccc(N(c3ccc(/C=C\c4ccc(C)cc4)cc3)c3ccc(C)c(C)c3)cc2)cc1. The molecule has 0 bridgehead atoms. The summed E-state index contributed by atoms with van der Waals surface area (Å²) >= 11 is 0. The van der Waals surface area contributed by atoms with E-state index in [2.05, 4.69) is 172 Å². The lowest BCUT2D eigenvalue weighted by Gasteiger charge is -2.26. The largest absolute Gasteiger partial charge is 0.310 e. The van der Waals surface area contributed by atoms with E-state index in [-0.39, 0.29) is 0 Å². The van der Waals surface area contributed by atoms with Gasteiger partial charge in [0.15, 0.2) is 0 Å². The summed E-state index contributed by atoms with van der Waals surface area (Å²) in [5, 5.41) is 0. The third-order valence-electron chi connectivity index (χ3n) is 7.14. The molecule has 0 amide bonds. The van der Waals surface area contributed by atoms with Crippen LogP contribution >= 0.6 is 0 Å². The van der Waals surface area contributed by atoms with Crippen molar-refractivity contribution in [3.8, 4) is 0 Å². The summed E-state index contributed by atoms with van der Waals surface area (Å²) in [4.78, 5) is 2.33. The minimum atomic E-state index is 1.13. The molecule has 0 aliphatic heterocycles. The van der Waals surface area contributed by atoms with Crippen molar-refractivity contribution in [3.63, 3.8) is 0 Å². The molecule has 0 heterocycles. The minimum absolute atomic E-state index is 1.13. The second-order valence-corrected chi connectivity index (χ2v) is 10.3. The Morgan fingerprint density at radius 1 is 0.359 bits per heavy atom. The van der Waals surface area contributed by atoms with Crippen molar-refractivity contribution < 1.29 is 0 Å². The first-order chi connectivity index (χ1) is 18.9. The van der Waals surface area contributed by atoms with Crippen LogP contribution in [-0.4, -0.2) is 0 Å². The molecule has 39 heavy (non-hydrogen) atoms. The Morgan fingerprint density at radius 3 is 1.05 bits per heavy atom. The molecule has 5 aromatic rings. The first-order valence-electron chi connectivity index (χ1n) is 13.5. The normalized spacial score (nSPS) is 11.4. The molecule has 0 radical (unpaired) electrons. The molecule has 0 fully saturated rings. The van der Waals surface area contributed by atoms with E-state index in [0.29, 0.717) is 0 Å². The first-order valence-corrected chi connectivity index (χ1v) is 13.5. The number of nitrogens with zero attached hydrogens (tertiary/aromatic N) is 1. The maximum absolute atomic E-state index is 2.33. The Balaban J connectivity index is 1.42. The molecular weight excluding hydrogens is 470 g/mol. The number of hydrogen-bond acceptors (Lipinski definition) is 1. The molecule has 192 valence electrons. The molecule has 0 atom stereocenters. The van der Waals surface area contributed by atoms with Crippen molar-refractivity contribution in [3.05, 3.63) is 160 Å². The van der Waals surface area contributed by atoms with Gasteiger partial charge in [-0.05, 0) is 97.5 Å². The smallest absolute Gasteiger partial charge is 0.0464 e. The maximum atomic E-state index is 2.33. The van der Waals surface area contributed by atoms with Gasteiger partial charge in [-0.25, -0.2) is 0 Å². The van der Waals surface area contributed by atoms with Gasteiger partial charge in [0.25, 0.3) is 0 Å². The zero-order valence-corrected chi connectivity index (χ0v) is 23.2. The van der Waals surface area contributed by atoms with Crippen LogP contribution < -0.4 is 4.90 Å². The number of hydrogen-bond donors (Lipinski definition) is 0. The number of aryl methyl sites for hydroxylation is 4. The minimum Gasteiger partial charge on any atom is -0.310 e. The molecule has 0 N–H and O–H groups in total. The highest BCUT2D eigenvalue weighted by Crippen LogP contribution is 2.36. The quantitative estimate of drug-likeness (QED) is 0.199. The third kappa shape index (κ3) is 6.64. The van der Waals surface area contributed by atoms with Gasteiger partial charge in [-0.3, -0.25) is 0 Å². The van der Waals surface area contributed by atoms with E-state index in [4.69, 9.17) is 0 Å². The summed E-state index contributed by atoms with van der Waals surface area (Å²) in [7, 11) is 0. The second kappa shape index (κ2) is 11.8. The zero-order chi connectivity index (χ0) is 27.2. The Morgan fingerprint density at radius 2 is 0.692 bits per heavy atom. The number of anilines is 3. The van der Waals surface area contributed by atoms with Gasteiger partial charge in [-0.15, -0.1) is 0 Å². The highest BCUT2D eigenvalue weighted by molar-refractivity contribution is 5.80. The van der Waals surface area contributed by atoms with E-state index in [9.17, 15) is 0 Å². The van der Waals surface area contributed by atoms with Crippen LogP contribution in [0.25, 0.3) is 24.3 Å². The lowest BCUT2D eigenvalue weighted by molar-refractivity contribution is 1.25. The summed E-state index contributed by atoms with van der Waals surface area (Å²) in [5.74, 6) is 0. The number of benzene rings is 5. The molecule has 1 heteroatoms. The van der Waals surface area contributed by atoms with Crippen molar-refractivity contribution in [1.29, 1.82) is 0 Å². The van der Waals surface area contributed by atoms with Gasteiger partial charge in [0, 0.05) is 17.1 Å². The number of rotatable bonds is 7. The van der Waals surface area contributed by atoms with Gasteiger partial charge in [0.1, 0.15) is 0 Å². The van der Waals surface area contributed by atoms with E-state index < -0.39 is 0 Å². The Kier molecular flexibility index (Phi) is 7.89. The van der Waals surface area contributed by atoms with Crippen LogP contribution in [-0.2, 0) is 0 Å². The van der Waals surface area contributed by atoms with E-state index in [1.807, 2.05) is 0 Å². The van der Waals surface area contributed by atoms with Crippen LogP contribution in [0, 0.1) is 27.7 Å². The Labute approximate surface area is 233 Å². The lowest BCUT2D eigenvalue weighted by Crippen LogP contribution is -2.10. The highest BCUT2D eigenvalue weighted by Gasteiger charge is 2.13. The van der Waals surface area contributed by atoms with E-state index in [1.54, 1.807) is 0 Å². The van der Waals surface area contributed by atoms with E-state index >= 15 is 0 Å². The third-order valence-corrected chi connectivity index (χ3v) is 7.14. The van der Waals surface area contributed by atoms with E-state index in [0.717, 1.165) is 17.1 Å². The van der Waals surface area contributed by atoms with Gasteiger partial charge in [0.2, 0.25) is 0 Å². The standard InChI is InChI=1S/C38H35N/c1-28-5-10-32(11-6-28)14-16-34-18-23-36(24-19-34)39(38-22-9-30(3)31(4)27-38)37-25-20-35(21-26-37)17-15-33-12-7-29(2)8-13-33/h5-27H,1-4H3/b16-14-,17-15-. The van der Waals surface area contributed by atoms with Crippen LogP contribution in [0.3, 0.4) is 0 Å². The van der Waals surface area contributed by atoms with Gasteiger partial charge >= 0.3 is 0 Å². The average Bonchev–Trinajstić information content (AvgIpc) is 2.96. The monoisotopic (exact) mass is 505 g/mol. The predicted molar refractivity (Wildman–Crippen MR) is 171 cm³/mol. The van der Waals surface area contributed by atoms with Gasteiger partial charge < -0.3 is 4.90 Å². The Hall–Kier alpha value is -4.62. The first kappa shape index (κ1) is 26.0. The van der Waals surface area contributed by atoms with Gasteiger partial charge in [-0.1, -0.05) is 114 Å². The summed E-state index contributed by atoms with van der Waals surface area (Å²) in [6.45, 7) is 8.56. The van der Waals surface area contributed by atoms with Gasteiger partial charge in [-0.2, -0.15) is 0 Å². The topological polar surface area (TPSA) is 3.24 Å². The molecule has 5 aromatic carbocycles. The fraction of sp³-hybridized carbons (Fsp3) is 0.105. The fourth-order valence-corrected chi connectivity index (χ4v) is 4.52. The molecule has 0 aromatic heterocycles. The van der Waals surface area contributed by atoms with Crippen molar-refractivity contribution in [2.24, 2.45) is 0 Å². The average molecular weight is 506 g/mol. The van der Waals surface area contributed by atoms with Crippen LogP contribution in [0.5, 0.6) is 0 Å². The molecular formula is C38H35N. The van der Waals surface area contributed by atoms with Crippen LogP contribution in [0.1, 0.15) is 44.5 Å². The molecule has 0 saturated heterocycles. The molecule has 0 aliphatic carbocycles. The summed E-state index contributed by atoms with van der Waals surface area (Å²) in [6.07, 6.45) is 8.67. The molecule has 5 rings (SSSR count). The van der Waals surface area contributed by atoms with Crippen LogP contribution in [0.2, 0.25) is 0 Å².